The summed E-state index contributed by atoms with van der Waals surface area (Å²) in [6.45, 7) is 4.60. The van der Waals surface area contributed by atoms with Gasteiger partial charge in [-0.25, -0.2) is 0 Å². The fourth-order valence-electron chi connectivity index (χ4n) is 2.28. The second kappa shape index (κ2) is 5.21. The molecule has 0 saturated heterocycles. The van der Waals surface area contributed by atoms with Gasteiger partial charge in [-0.05, 0) is 53.9 Å². The summed E-state index contributed by atoms with van der Waals surface area (Å²) in [5.74, 6) is 0. The molecule has 1 aliphatic heterocycles. The molecule has 0 radical (unpaired) electrons. The third kappa shape index (κ3) is 2.49. The molecule has 0 bridgehead atoms. The Morgan fingerprint density at radius 2 is 2.18 bits per heavy atom. The van der Waals surface area contributed by atoms with Crippen molar-refractivity contribution in [1.82, 2.24) is 0 Å². The Hall–Kier alpha value is -0.190. The van der Waals surface area contributed by atoms with Crippen LogP contribution >= 0.6 is 27.7 Å². The normalized spacial score (nSPS) is 23.7. The topological polar surface area (TPSA) is 23.5 Å². The zero-order valence-electron chi connectivity index (χ0n) is 10.4. The monoisotopic (exact) mass is 315 g/mol. The van der Waals surface area contributed by atoms with E-state index in [0.717, 1.165) is 10.9 Å². The lowest BCUT2D eigenvalue weighted by Gasteiger charge is -2.40. The molecule has 1 aliphatic rings. The van der Waals surface area contributed by atoms with Crippen LogP contribution in [0.2, 0.25) is 0 Å². The fourth-order valence-corrected chi connectivity index (χ4v) is 4.81. The average Bonchev–Trinajstić information content (AvgIpc) is 2.24. The van der Waals surface area contributed by atoms with Gasteiger partial charge in [-0.3, -0.25) is 0 Å². The second-order valence-electron chi connectivity index (χ2n) is 4.61. The smallest absolute Gasteiger partial charge is 0.0649 e. The van der Waals surface area contributed by atoms with Crippen molar-refractivity contribution in [3.8, 4) is 0 Å². The number of hydrogen-bond acceptors (Lipinski definition) is 3. The third-order valence-corrected chi connectivity index (χ3v) is 5.47. The van der Waals surface area contributed by atoms with Crippen molar-refractivity contribution in [2.24, 2.45) is 0 Å². The van der Waals surface area contributed by atoms with Gasteiger partial charge < -0.3 is 10.0 Å². The summed E-state index contributed by atoms with van der Waals surface area (Å²) < 4.78 is 1.16. The van der Waals surface area contributed by atoms with E-state index in [1.54, 1.807) is 0 Å². The molecule has 94 valence electrons. The van der Waals surface area contributed by atoms with Gasteiger partial charge in [0.05, 0.1) is 5.69 Å². The van der Waals surface area contributed by atoms with Crippen molar-refractivity contribution >= 4 is 33.4 Å². The molecule has 1 aromatic carbocycles. The molecule has 1 aromatic rings. The average molecular weight is 316 g/mol. The summed E-state index contributed by atoms with van der Waals surface area (Å²) in [5, 5.41) is 9.60. The van der Waals surface area contributed by atoms with E-state index in [0.29, 0.717) is 11.3 Å². The molecule has 17 heavy (non-hydrogen) atoms. The summed E-state index contributed by atoms with van der Waals surface area (Å²) >= 11 is 5.55. The lowest BCUT2D eigenvalue weighted by atomic mass is 10.1. The van der Waals surface area contributed by atoms with Gasteiger partial charge in [0, 0.05) is 34.3 Å². The highest BCUT2D eigenvalue weighted by atomic mass is 79.9. The summed E-state index contributed by atoms with van der Waals surface area (Å²) in [6, 6.07) is 4.84. The summed E-state index contributed by atoms with van der Waals surface area (Å²) in [5.41, 5.74) is 2.55. The first-order valence-corrected chi connectivity index (χ1v) is 7.52. The number of benzene rings is 1. The van der Waals surface area contributed by atoms with Crippen LogP contribution in [0.1, 0.15) is 18.9 Å². The molecule has 2 unspecified atom stereocenters. The lowest BCUT2D eigenvalue weighted by Crippen LogP contribution is -2.41. The number of nitrogens with zero attached hydrogens (tertiary/aromatic N) is 1. The number of halogens is 1. The fraction of sp³-hybridized carbons (Fsp3) is 0.538. The maximum Gasteiger partial charge on any atom is 0.0649 e. The summed E-state index contributed by atoms with van der Waals surface area (Å²) in [7, 11) is 2.13. The molecule has 0 amide bonds. The number of fused-ring (bicyclic) bond motifs is 1. The van der Waals surface area contributed by atoms with Crippen LogP contribution in [0.15, 0.2) is 21.5 Å². The highest BCUT2D eigenvalue weighted by Crippen LogP contribution is 2.46. The van der Waals surface area contributed by atoms with Crippen LogP contribution in [-0.2, 0) is 0 Å². The molecule has 0 aliphatic carbocycles. The largest absolute Gasteiger partial charge is 0.396 e. The van der Waals surface area contributed by atoms with Gasteiger partial charge in [-0.1, -0.05) is 0 Å². The first-order chi connectivity index (χ1) is 8.04. The number of hydrogen-bond donors (Lipinski definition) is 1. The summed E-state index contributed by atoms with van der Waals surface area (Å²) in [4.78, 5) is 3.63. The van der Waals surface area contributed by atoms with Crippen LogP contribution in [0.25, 0.3) is 0 Å². The minimum Gasteiger partial charge on any atom is -0.396 e. The van der Waals surface area contributed by atoms with Gasteiger partial charge >= 0.3 is 0 Å². The molecule has 0 fully saturated rings. The van der Waals surface area contributed by atoms with E-state index in [1.165, 1.54) is 16.1 Å². The highest BCUT2D eigenvalue weighted by molar-refractivity contribution is 9.10. The Labute approximate surface area is 116 Å². The quantitative estimate of drug-likeness (QED) is 0.904. The van der Waals surface area contributed by atoms with Gasteiger partial charge in [0.2, 0.25) is 0 Å². The number of aryl methyl sites for hydroxylation is 1. The molecule has 1 heterocycles. The van der Waals surface area contributed by atoms with Gasteiger partial charge in [-0.15, -0.1) is 11.8 Å². The van der Waals surface area contributed by atoms with Crippen molar-refractivity contribution in [1.29, 1.82) is 0 Å². The van der Waals surface area contributed by atoms with E-state index in [-0.39, 0.29) is 6.61 Å². The summed E-state index contributed by atoms with van der Waals surface area (Å²) in [6.07, 6.45) is 0.848. The molecule has 4 heteroatoms. The Morgan fingerprint density at radius 1 is 1.47 bits per heavy atom. The number of thioether (sulfide) groups is 1. The van der Waals surface area contributed by atoms with Crippen LogP contribution < -0.4 is 4.90 Å². The van der Waals surface area contributed by atoms with Crippen LogP contribution in [0.3, 0.4) is 0 Å². The van der Waals surface area contributed by atoms with Crippen molar-refractivity contribution in [2.45, 2.75) is 36.5 Å². The van der Waals surface area contributed by atoms with Crippen molar-refractivity contribution in [3.05, 3.63) is 22.2 Å². The Bertz CT molecular complexity index is 424. The zero-order chi connectivity index (χ0) is 12.6. The zero-order valence-corrected chi connectivity index (χ0v) is 12.8. The SMILES string of the molecule is Cc1cc(Br)c2c(c1)SC(CCO)C(C)N2C. The van der Waals surface area contributed by atoms with E-state index < -0.39 is 0 Å². The van der Waals surface area contributed by atoms with E-state index in [9.17, 15) is 0 Å². The molecule has 2 atom stereocenters. The lowest BCUT2D eigenvalue weighted by molar-refractivity contribution is 0.282. The Balaban J connectivity index is 2.41. The molecule has 2 rings (SSSR count). The number of anilines is 1. The maximum absolute atomic E-state index is 9.14. The first kappa shape index (κ1) is 13.2. The first-order valence-electron chi connectivity index (χ1n) is 5.85. The third-order valence-electron chi connectivity index (χ3n) is 3.37. The van der Waals surface area contributed by atoms with Crippen molar-refractivity contribution < 1.29 is 5.11 Å². The number of rotatable bonds is 2. The molecule has 2 nitrogen and oxygen atoms in total. The van der Waals surface area contributed by atoms with Gasteiger partial charge in [0.25, 0.3) is 0 Å². The Kier molecular flexibility index (Phi) is 4.06. The molecule has 0 aromatic heterocycles. The minimum absolute atomic E-state index is 0.262. The van der Waals surface area contributed by atoms with E-state index >= 15 is 0 Å². The van der Waals surface area contributed by atoms with Crippen LogP contribution in [0, 0.1) is 6.92 Å². The minimum atomic E-state index is 0.262. The van der Waals surface area contributed by atoms with Crippen molar-refractivity contribution in [2.75, 3.05) is 18.6 Å². The van der Waals surface area contributed by atoms with E-state index in [1.807, 2.05) is 11.8 Å². The van der Waals surface area contributed by atoms with Gasteiger partial charge in [-0.2, -0.15) is 0 Å². The molecule has 0 saturated carbocycles. The second-order valence-corrected chi connectivity index (χ2v) is 6.75. The molecular formula is C13H18BrNOS. The molecular weight excluding hydrogens is 298 g/mol. The van der Waals surface area contributed by atoms with Crippen molar-refractivity contribution in [3.63, 3.8) is 0 Å². The van der Waals surface area contributed by atoms with Gasteiger partial charge in [0.15, 0.2) is 0 Å². The van der Waals surface area contributed by atoms with Crippen LogP contribution in [0.4, 0.5) is 5.69 Å². The maximum atomic E-state index is 9.14. The highest BCUT2D eigenvalue weighted by Gasteiger charge is 2.30. The van der Waals surface area contributed by atoms with Crippen LogP contribution in [-0.4, -0.2) is 30.1 Å². The van der Waals surface area contributed by atoms with E-state index in [2.05, 4.69) is 53.9 Å². The van der Waals surface area contributed by atoms with Crippen LogP contribution in [0.5, 0.6) is 0 Å². The van der Waals surface area contributed by atoms with Gasteiger partial charge in [0.1, 0.15) is 0 Å². The predicted molar refractivity (Wildman–Crippen MR) is 78.1 cm³/mol. The molecule has 0 spiro atoms. The predicted octanol–water partition coefficient (Wildman–Crippen LogP) is 3.44. The van der Waals surface area contributed by atoms with E-state index in [4.69, 9.17) is 5.11 Å². The number of aliphatic hydroxyl groups is 1. The Morgan fingerprint density at radius 3 is 2.82 bits per heavy atom. The standard InChI is InChI=1S/C13H18BrNOS/c1-8-6-10(14)13-12(7-8)17-11(4-5-16)9(2)15(13)3/h6-7,9,11,16H,4-5H2,1-3H3. The molecule has 1 N–H and O–H groups in total. The number of aliphatic hydroxyl groups excluding tert-OH is 1.